The average Bonchev–Trinajstić information content (AvgIpc) is 2.79. The van der Waals surface area contributed by atoms with Gasteiger partial charge < -0.3 is 14.8 Å². The molecule has 0 radical (unpaired) electrons. The van der Waals surface area contributed by atoms with E-state index in [1.54, 1.807) is 19.2 Å². The van der Waals surface area contributed by atoms with Crippen molar-refractivity contribution in [3.8, 4) is 11.8 Å². The SMILES string of the molecule is COc1ccc(N[C@H](c2ccc(C#N)cc2)[C@@H](OCc2ccccc2)C(C)=O)cc1. The number of carbonyl (C=O) groups excluding carboxylic acids is 1. The first-order chi connectivity index (χ1) is 14.6. The number of benzene rings is 3. The molecule has 0 aromatic heterocycles. The summed E-state index contributed by atoms with van der Waals surface area (Å²) in [7, 11) is 1.62. The lowest BCUT2D eigenvalue weighted by atomic mass is 9.97. The highest BCUT2D eigenvalue weighted by Crippen LogP contribution is 2.27. The van der Waals surface area contributed by atoms with Crippen LogP contribution in [-0.4, -0.2) is 19.0 Å². The summed E-state index contributed by atoms with van der Waals surface area (Å²) in [5.74, 6) is 0.667. The number of rotatable bonds is 9. The highest BCUT2D eigenvalue weighted by atomic mass is 16.5. The van der Waals surface area contributed by atoms with Crippen LogP contribution in [0.25, 0.3) is 0 Å². The van der Waals surface area contributed by atoms with E-state index in [2.05, 4.69) is 11.4 Å². The van der Waals surface area contributed by atoms with Gasteiger partial charge in [0.25, 0.3) is 0 Å². The van der Waals surface area contributed by atoms with E-state index in [9.17, 15) is 4.79 Å². The quantitative estimate of drug-likeness (QED) is 0.553. The second kappa shape index (κ2) is 10.2. The first-order valence-corrected chi connectivity index (χ1v) is 9.67. The van der Waals surface area contributed by atoms with Gasteiger partial charge in [0.15, 0.2) is 5.78 Å². The Morgan fingerprint density at radius 3 is 2.23 bits per heavy atom. The highest BCUT2D eigenvalue weighted by Gasteiger charge is 2.28. The van der Waals surface area contributed by atoms with Crippen molar-refractivity contribution < 1.29 is 14.3 Å². The topological polar surface area (TPSA) is 71.3 Å². The van der Waals surface area contributed by atoms with Gasteiger partial charge in [-0.05, 0) is 54.4 Å². The Morgan fingerprint density at radius 2 is 1.67 bits per heavy atom. The van der Waals surface area contributed by atoms with Crippen molar-refractivity contribution >= 4 is 11.5 Å². The van der Waals surface area contributed by atoms with Crippen LogP contribution in [0.1, 0.15) is 29.7 Å². The summed E-state index contributed by atoms with van der Waals surface area (Å²) in [6, 6.07) is 26.1. The molecular weight excluding hydrogens is 376 g/mol. The lowest BCUT2D eigenvalue weighted by molar-refractivity contribution is -0.130. The van der Waals surface area contributed by atoms with Gasteiger partial charge >= 0.3 is 0 Å². The normalized spacial score (nSPS) is 12.4. The minimum Gasteiger partial charge on any atom is -0.497 e. The van der Waals surface area contributed by atoms with Crippen LogP contribution in [0.4, 0.5) is 5.69 Å². The second-order valence-corrected chi connectivity index (χ2v) is 6.91. The van der Waals surface area contributed by atoms with Gasteiger partial charge in [0.05, 0.1) is 31.4 Å². The zero-order valence-corrected chi connectivity index (χ0v) is 17.0. The molecule has 1 N–H and O–H groups in total. The van der Waals surface area contributed by atoms with E-state index in [0.29, 0.717) is 12.2 Å². The van der Waals surface area contributed by atoms with Crippen LogP contribution in [0.15, 0.2) is 78.9 Å². The van der Waals surface area contributed by atoms with Crippen molar-refractivity contribution in [3.63, 3.8) is 0 Å². The maximum atomic E-state index is 12.6. The number of nitriles is 1. The number of hydrogen-bond donors (Lipinski definition) is 1. The number of Topliss-reactive ketones (excluding diaryl/α,β-unsaturated/α-hetero) is 1. The van der Waals surface area contributed by atoms with Crippen molar-refractivity contribution in [1.82, 2.24) is 0 Å². The third-order valence-corrected chi connectivity index (χ3v) is 4.79. The maximum absolute atomic E-state index is 12.6. The third-order valence-electron chi connectivity index (χ3n) is 4.79. The molecule has 0 fully saturated rings. The molecule has 152 valence electrons. The average molecular weight is 400 g/mol. The van der Waals surface area contributed by atoms with E-state index in [-0.39, 0.29) is 5.78 Å². The van der Waals surface area contributed by atoms with Crippen molar-refractivity contribution in [2.75, 3.05) is 12.4 Å². The van der Waals surface area contributed by atoms with Crippen LogP contribution in [0.2, 0.25) is 0 Å². The highest BCUT2D eigenvalue weighted by molar-refractivity contribution is 5.82. The molecule has 30 heavy (non-hydrogen) atoms. The Hall–Kier alpha value is -3.62. The number of anilines is 1. The fourth-order valence-corrected chi connectivity index (χ4v) is 3.17. The molecule has 0 saturated carbocycles. The predicted octanol–water partition coefficient (Wildman–Crippen LogP) is 4.89. The molecule has 2 atom stereocenters. The molecule has 0 amide bonds. The van der Waals surface area contributed by atoms with E-state index in [1.807, 2.05) is 66.7 Å². The monoisotopic (exact) mass is 400 g/mol. The summed E-state index contributed by atoms with van der Waals surface area (Å²) in [6.45, 7) is 1.85. The molecule has 0 aliphatic heterocycles. The summed E-state index contributed by atoms with van der Waals surface area (Å²) in [6.07, 6.45) is -0.708. The Morgan fingerprint density at radius 1 is 1.00 bits per heavy atom. The van der Waals surface area contributed by atoms with Crippen LogP contribution in [0.3, 0.4) is 0 Å². The zero-order valence-electron chi connectivity index (χ0n) is 17.0. The Balaban J connectivity index is 1.89. The number of methoxy groups -OCH3 is 1. The molecule has 0 unspecified atom stereocenters. The molecule has 0 spiro atoms. The van der Waals surface area contributed by atoms with E-state index in [0.717, 1.165) is 22.6 Å². The van der Waals surface area contributed by atoms with Crippen molar-refractivity contribution in [2.45, 2.75) is 25.7 Å². The molecule has 3 aromatic carbocycles. The van der Waals surface area contributed by atoms with Gasteiger partial charge in [-0.15, -0.1) is 0 Å². The summed E-state index contributed by atoms with van der Waals surface area (Å²) in [5.41, 5.74) is 3.25. The molecule has 0 aliphatic carbocycles. The molecule has 0 bridgehead atoms. The number of nitrogens with one attached hydrogen (secondary N) is 1. The van der Waals surface area contributed by atoms with Crippen LogP contribution >= 0.6 is 0 Å². The molecule has 3 aromatic rings. The van der Waals surface area contributed by atoms with Crippen LogP contribution in [-0.2, 0) is 16.1 Å². The summed E-state index contributed by atoms with van der Waals surface area (Å²) in [5, 5.41) is 12.5. The van der Waals surface area contributed by atoms with Gasteiger partial charge in [-0.25, -0.2) is 0 Å². The van der Waals surface area contributed by atoms with Gasteiger partial charge in [-0.2, -0.15) is 5.26 Å². The molecule has 0 heterocycles. The lowest BCUT2D eigenvalue weighted by Crippen LogP contribution is -2.34. The minimum absolute atomic E-state index is 0.0821. The molecular formula is C25H24N2O3. The second-order valence-electron chi connectivity index (χ2n) is 6.91. The Labute approximate surface area is 176 Å². The van der Waals surface area contributed by atoms with Crippen molar-refractivity contribution in [3.05, 3.63) is 95.6 Å². The Bertz CT molecular complexity index is 993. The summed E-state index contributed by atoms with van der Waals surface area (Å²) in [4.78, 5) is 12.6. The number of hydrogen-bond acceptors (Lipinski definition) is 5. The lowest BCUT2D eigenvalue weighted by Gasteiger charge is -2.28. The minimum atomic E-state index is -0.708. The van der Waals surface area contributed by atoms with Gasteiger partial charge in [0.1, 0.15) is 11.9 Å². The van der Waals surface area contributed by atoms with Crippen LogP contribution in [0.5, 0.6) is 5.75 Å². The van der Waals surface area contributed by atoms with Crippen molar-refractivity contribution in [1.29, 1.82) is 5.26 Å². The fourth-order valence-electron chi connectivity index (χ4n) is 3.17. The number of nitrogens with zero attached hydrogens (tertiary/aromatic N) is 1. The number of ketones is 1. The van der Waals surface area contributed by atoms with Gasteiger partial charge in [-0.1, -0.05) is 42.5 Å². The van der Waals surface area contributed by atoms with E-state index in [1.165, 1.54) is 6.92 Å². The summed E-state index contributed by atoms with van der Waals surface area (Å²) < 4.78 is 11.3. The largest absolute Gasteiger partial charge is 0.497 e. The molecule has 5 nitrogen and oxygen atoms in total. The predicted molar refractivity (Wildman–Crippen MR) is 116 cm³/mol. The maximum Gasteiger partial charge on any atom is 0.160 e. The van der Waals surface area contributed by atoms with E-state index in [4.69, 9.17) is 14.7 Å². The first-order valence-electron chi connectivity index (χ1n) is 9.67. The third kappa shape index (κ3) is 5.47. The fraction of sp³-hybridized carbons (Fsp3) is 0.200. The smallest absolute Gasteiger partial charge is 0.160 e. The number of ether oxygens (including phenoxy) is 2. The van der Waals surface area contributed by atoms with Gasteiger partial charge in [0, 0.05) is 5.69 Å². The first kappa shape index (κ1) is 21.1. The van der Waals surface area contributed by atoms with Crippen molar-refractivity contribution in [2.24, 2.45) is 0 Å². The van der Waals surface area contributed by atoms with Gasteiger partial charge in [0.2, 0.25) is 0 Å². The van der Waals surface area contributed by atoms with E-state index < -0.39 is 12.1 Å². The van der Waals surface area contributed by atoms with Crippen LogP contribution in [0, 0.1) is 11.3 Å². The zero-order chi connectivity index (χ0) is 21.3. The molecule has 0 aliphatic rings. The molecule has 3 rings (SSSR count). The van der Waals surface area contributed by atoms with Gasteiger partial charge in [-0.3, -0.25) is 4.79 Å². The molecule has 5 heteroatoms. The Kier molecular flexibility index (Phi) is 7.20. The molecule has 0 saturated heterocycles. The standard InChI is InChI=1S/C25H24N2O3/c1-18(28)25(30-17-20-6-4-3-5-7-20)24(21-10-8-19(16-26)9-11-21)27-22-12-14-23(29-2)15-13-22/h3-15,24-25,27H,17H2,1-2H3/t24-,25+/m1/s1. The van der Waals surface area contributed by atoms with Crippen LogP contribution < -0.4 is 10.1 Å². The summed E-state index contributed by atoms with van der Waals surface area (Å²) >= 11 is 0. The number of carbonyl (C=O) groups is 1. The van der Waals surface area contributed by atoms with E-state index >= 15 is 0 Å².